The highest BCUT2D eigenvalue weighted by Crippen LogP contribution is 2.28. The van der Waals surface area contributed by atoms with Crippen LogP contribution in [0.1, 0.15) is 18.5 Å². The number of ether oxygens (including phenoxy) is 1. The Morgan fingerprint density at radius 1 is 1.29 bits per heavy atom. The second-order valence-electron chi connectivity index (χ2n) is 4.40. The van der Waals surface area contributed by atoms with Crippen molar-refractivity contribution < 1.29 is 14.6 Å². The van der Waals surface area contributed by atoms with E-state index in [1.54, 1.807) is 31.2 Å². The van der Waals surface area contributed by atoms with E-state index in [-0.39, 0.29) is 12.4 Å². The molecule has 0 saturated heterocycles. The average molecular weight is 350 g/mol. The summed E-state index contributed by atoms with van der Waals surface area (Å²) in [6.07, 6.45) is 0. The SMILES string of the molecule is CCOC(=O)C(Nc1cccc(Br)c1)c1ccccc1O. The van der Waals surface area contributed by atoms with Gasteiger partial charge >= 0.3 is 5.97 Å². The monoisotopic (exact) mass is 349 g/mol. The lowest BCUT2D eigenvalue weighted by Gasteiger charge is -2.19. The van der Waals surface area contributed by atoms with Crippen molar-refractivity contribution in [2.24, 2.45) is 0 Å². The van der Waals surface area contributed by atoms with Gasteiger partial charge in [0.25, 0.3) is 0 Å². The van der Waals surface area contributed by atoms with Crippen LogP contribution in [-0.4, -0.2) is 17.7 Å². The van der Waals surface area contributed by atoms with E-state index in [9.17, 15) is 9.90 Å². The van der Waals surface area contributed by atoms with Gasteiger partial charge in [-0.2, -0.15) is 0 Å². The van der Waals surface area contributed by atoms with Crippen LogP contribution in [0.4, 0.5) is 5.69 Å². The number of aromatic hydroxyl groups is 1. The van der Waals surface area contributed by atoms with Crippen molar-refractivity contribution in [2.75, 3.05) is 11.9 Å². The molecule has 0 heterocycles. The Hall–Kier alpha value is -2.01. The minimum atomic E-state index is -0.763. The number of carbonyl (C=O) groups is 1. The molecule has 5 heteroatoms. The molecule has 21 heavy (non-hydrogen) atoms. The number of nitrogens with one attached hydrogen (secondary N) is 1. The number of carbonyl (C=O) groups excluding carboxylic acids is 1. The number of anilines is 1. The number of phenols is 1. The molecule has 0 bridgehead atoms. The van der Waals surface area contributed by atoms with Crippen molar-refractivity contribution in [3.05, 3.63) is 58.6 Å². The summed E-state index contributed by atoms with van der Waals surface area (Å²) < 4.78 is 5.99. The molecule has 1 unspecified atom stereocenters. The van der Waals surface area contributed by atoms with Crippen LogP contribution < -0.4 is 5.32 Å². The van der Waals surface area contributed by atoms with Gasteiger partial charge in [0, 0.05) is 15.7 Å². The zero-order valence-electron chi connectivity index (χ0n) is 11.5. The second-order valence-corrected chi connectivity index (χ2v) is 5.31. The molecule has 0 aliphatic rings. The summed E-state index contributed by atoms with van der Waals surface area (Å²) in [6, 6.07) is 13.4. The van der Waals surface area contributed by atoms with E-state index in [2.05, 4.69) is 21.2 Å². The summed E-state index contributed by atoms with van der Waals surface area (Å²) in [7, 11) is 0. The topological polar surface area (TPSA) is 58.6 Å². The van der Waals surface area contributed by atoms with Crippen molar-refractivity contribution in [1.82, 2.24) is 0 Å². The minimum Gasteiger partial charge on any atom is -0.508 e. The Labute approximate surface area is 131 Å². The summed E-state index contributed by atoms with van der Waals surface area (Å²) in [4.78, 5) is 12.2. The van der Waals surface area contributed by atoms with E-state index < -0.39 is 12.0 Å². The molecule has 2 N–H and O–H groups in total. The first-order chi connectivity index (χ1) is 10.1. The predicted octanol–water partition coefficient (Wildman–Crippen LogP) is 3.87. The van der Waals surface area contributed by atoms with E-state index in [1.807, 2.05) is 24.3 Å². The number of rotatable bonds is 5. The summed E-state index contributed by atoms with van der Waals surface area (Å²) in [5.41, 5.74) is 1.24. The minimum absolute atomic E-state index is 0.0537. The molecule has 0 radical (unpaired) electrons. The molecule has 0 aromatic heterocycles. The molecule has 2 aromatic rings. The summed E-state index contributed by atoms with van der Waals surface area (Å²) in [5, 5.41) is 13.1. The molecule has 0 spiro atoms. The molecule has 0 amide bonds. The Morgan fingerprint density at radius 2 is 2.05 bits per heavy atom. The zero-order valence-corrected chi connectivity index (χ0v) is 13.1. The van der Waals surface area contributed by atoms with Gasteiger partial charge in [-0.1, -0.05) is 40.2 Å². The van der Waals surface area contributed by atoms with Crippen molar-refractivity contribution >= 4 is 27.6 Å². The molecule has 2 aromatic carbocycles. The van der Waals surface area contributed by atoms with Gasteiger partial charge in [-0.3, -0.25) is 0 Å². The number of esters is 1. The lowest BCUT2D eigenvalue weighted by atomic mass is 10.1. The second kappa shape index (κ2) is 7.13. The summed E-state index contributed by atoms with van der Waals surface area (Å²) in [6.45, 7) is 2.03. The van der Waals surface area contributed by atoms with Crippen molar-refractivity contribution in [3.8, 4) is 5.75 Å². The zero-order chi connectivity index (χ0) is 15.2. The van der Waals surface area contributed by atoms with Crippen molar-refractivity contribution in [2.45, 2.75) is 13.0 Å². The molecular formula is C16H16BrNO3. The molecule has 2 rings (SSSR count). The first kappa shape index (κ1) is 15.4. The third kappa shape index (κ3) is 3.98. The Balaban J connectivity index is 2.33. The quantitative estimate of drug-likeness (QED) is 0.804. The van der Waals surface area contributed by atoms with Crippen molar-refractivity contribution in [3.63, 3.8) is 0 Å². The fourth-order valence-electron chi connectivity index (χ4n) is 1.97. The van der Waals surface area contributed by atoms with E-state index in [0.29, 0.717) is 5.56 Å². The van der Waals surface area contributed by atoms with E-state index in [4.69, 9.17) is 4.74 Å². The van der Waals surface area contributed by atoms with Gasteiger partial charge in [0.1, 0.15) is 5.75 Å². The van der Waals surface area contributed by atoms with Crippen LogP contribution in [0.5, 0.6) is 5.75 Å². The lowest BCUT2D eigenvalue weighted by molar-refractivity contribution is -0.144. The molecule has 4 nitrogen and oxygen atoms in total. The van der Waals surface area contributed by atoms with E-state index in [1.165, 1.54) is 0 Å². The molecule has 1 atom stereocenters. The maximum absolute atomic E-state index is 12.2. The molecular weight excluding hydrogens is 334 g/mol. The van der Waals surface area contributed by atoms with Gasteiger partial charge in [0.05, 0.1) is 6.61 Å². The summed E-state index contributed by atoms with van der Waals surface area (Å²) >= 11 is 3.39. The normalized spacial score (nSPS) is 11.7. The van der Waals surface area contributed by atoms with Crippen LogP contribution in [0.25, 0.3) is 0 Å². The van der Waals surface area contributed by atoms with E-state index >= 15 is 0 Å². The number of halogens is 1. The van der Waals surface area contributed by atoms with Crippen LogP contribution in [0.3, 0.4) is 0 Å². The highest BCUT2D eigenvalue weighted by atomic mass is 79.9. The van der Waals surface area contributed by atoms with Gasteiger partial charge in [0.2, 0.25) is 0 Å². The predicted molar refractivity (Wildman–Crippen MR) is 85.2 cm³/mol. The standard InChI is InChI=1S/C16H16BrNO3/c1-2-21-16(20)15(13-8-3-4-9-14(13)19)18-12-7-5-6-11(17)10-12/h3-10,15,18-19H,2H2,1H3. The fourth-order valence-corrected chi connectivity index (χ4v) is 2.37. The van der Waals surface area contributed by atoms with Gasteiger partial charge in [-0.15, -0.1) is 0 Å². The molecule has 0 saturated carbocycles. The van der Waals surface area contributed by atoms with Gasteiger partial charge < -0.3 is 15.2 Å². The largest absolute Gasteiger partial charge is 0.508 e. The van der Waals surface area contributed by atoms with Crippen LogP contribution in [0, 0.1) is 0 Å². The van der Waals surface area contributed by atoms with E-state index in [0.717, 1.165) is 10.2 Å². The van der Waals surface area contributed by atoms with Crippen LogP contribution in [-0.2, 0) is 9.53 Å². The highest BCUT2D eigenvalue weighted by molar-refractivity contribution is 9.10. The Morgan fingerprint density at radius 3 is 2.71 bits per heavy atom. The lowest BCUT2D eigenvalue weighted by Crippen LogP contribution is -2.23. The smallest absolute Gasteiger partial charge is 0.333 e. The number of phenolic OH excluding ortho intramolecular Hbond substituents is 1. The maximum Gasteiger partial charge on any atom is 0.333 e. The average Bonchev–Trinajstić information content (AvgIpc) is 2.46. The number of hydrogen-bond acceptors (Lipinski definition) is 4. The molecule has 0 aliphatic carbocycles. The summed E-state index contributed by atoms with van der Waals surface area (Å²) in [5.74, 6) is -0.378. The van der Waals surface area contributed by atoms with Gasteiger partial charge in [-0.25, -0.2) is 4.79 Å². The third-order valence-electron chi connectivity index (χ3n) is 2.91. The number of benzene rings is 2. The van der Waals surface area contributed by atoms with Gasteiger partial charge in [-0.05, 0) is 31.2 Å². The fraction of sp³-hybridized carbons (Fsp3) is 0.188. The van der Waals surface area contributed by atoms with Gasteiger partial charge in [0.15, 0.2) is 6.04 Å². The highest BCUT2D eigenvalue weighted by Gasteiger charge is 2.24. The van der Waals surface area contributed by atoms with Crippen molar-refractivity contribution in [1.29, 1.82) is 0 Å². The molecule has 0 aliphatic heterocycles. The Kier molecular flexibility index (Phi) is 5.22. The third-order valence-corrected chi connectivity index (χ3v) is 3.40. The van der Waals surface area contributed by atoms with Crippen LogP contribution in [0.2, 0.25) is 0 Å². The number of hydrogen-bond donors (Lipinski definition) is 2. The molecule has 0 fully saturated rings. The first-order valence-corrected chi connectivity index (χ1v) is 7.37. The Bertz CT molecular complexity index is 630. The first-order valence-electron chi connectivity index (χ1n) is 6.58. The van der Waals surface area contributed by atoms with Crippen LogP contribution in [0.15, 0.2) is 53.0 Å². The van der Waals surface area contributed by atoms with Crippen LogP contribution >= 0.6 is 15.9 Å². The molecule has 110 valence electrons. The maximum atomic E-state index is 12.2. The number of para-hydroxylation sites is 1.